The molecular formula is C13H15IN2O5. The van der Waals surface area contributed by atoms with E-state index in [2.05, 4.69) is 38.0 Å². The van der Waals surface area contributed by atoms with Gasteiger partial charge in [0.1, 0.15) is 6.04 Å². The molecule has 0 aliphatic rings. The van der Waals surface area contributed by atoms with E-state index in [-0.39, 0.29) is 12.8 Å². The number of carbonyl (C=O) groups is 3. The second-order valence-corrected chi connectivity index (χ2v) is 5.36. The molecule has 3 N–H and O–H groups in total. The molecule has 0 saturated carbocycles. The molecule has 1 rings (SSSR count). The van der Waals surface area contributed by atoms with Gasteiger partial charge in [0.05, 0.1) is 7.11 Å². The number of ether oxygens (including phenoxy) is 1. The standard InChI is InChI=1S/C13H15IN2O5/c1-21-11(17)7-6-10(12(18)19)16-13(20)15-9-4-2-8(14)3-5-9/h2-5,10H,6-7H2,1H3,(H,18,19)(H2,15,16,20)/t10-/m1/s1. The second-order valence-electron chi connectivity index (χ2n) is 4.11. The van der Waals surface area contributed by atoms with E-state index in [9.17, 15) is 14.4 Å². The van der Waals surface area contributed by atoms with Crippen LogP contribution in [0.1, 0.15) is 12.8 Å². The summed E-state index contributed by atoms with van der Waals surface area (Å²) in [5.41, 5.74) is 0.546. The third-order valence-electron chi connectivity index (χ3n) is 2.57. The molecule has 1 aromatic carbocycles. The fourth-order valence-corrected chi connectivity index (χ4v) is 1.84. The molecule has 0 aromatic heterocycles. The van der Waals surface area contributed by atoms with Gasteiger partial charge in [0, 0.05) is 15.7 Å². The maximum absolute atomic E-state index is 11.7. The van der Waals surface area contributed by atoms with Gasteiger partial charge in [-0.1, -0.05) is 0 Å². The number of carboxylic acid groups (broad SMARTS) is 1. The number of amides is 2. The molecular weight excluding hydrogens is 391 g/mol. The van der Waals surface area contributed by atoms with Crippen LogP contribution in [0.15, 0.2) is 24.3 Å². The highest BCUT2D eigenvalue weighted by atomic mass is 127. The van der Waals surface area contributed by atoms with Crippen LogP contribution >= 0.6 is 22.6 Å². The lowest BCUT2D eigenvalue weighted by Crippen LogP contribution is -2.43. The predicted molar refractivity (Wildman–Crippen MR) is 84.0 cm³/mol. The van der Waals surface area contributed by atoms with Crippen molar-refractivity contribution in [3.8, 4) is 0 Å². The molecule has 8 heteroatoms. The lowest BCUT2D eigenvalue weighted by Gasteiger charge is -2.14. The summed E-state index contributed by atoms with van der Waals surface area (Å²) in [6, 6.07) is 5.21. The van der Waals surface area contributed by atoms with Crippen molar-refractivity contribution in [2.24, 2.45) is 0 Å². The van der Waals surface area contributed by atoms with E-state index in [0.717, 1.165) is 3.57 Å². The minimum atomic E-state index is -1.21. The number of rotatable bonds is 6. The molecule has 2 amide bonds. The Kier molecular flexibility index (Phi) is 6.92. The quantitative estimate of drug-likeness (QED) is 0.494. The largest absolute Gasteiger partial charge is 0.480 e. The van der Waals surface area contributed by atoms with E-state index in [1.165, 1.54) is 7.11 Å². The number of anilines is 1. The molecule has 114 valence electrons. The van der Waals surface area contributed by atoms with E-state index < -0.39 is 24.0 Å². The van der Waals surface area contributed by atoms with E-state index in [1.54, 1.807) is 12.1 Å². The number of hydrogen-bond acceptors (Lipinski definition) is 4. The normalized spacial score (nSPS) is 11.3. The molecule has 0 fully saturated rings. The number of aliphatic carboxylic acids is 1. The molecule has 7 nitrogen and oxygen atoms in total. The summed E-state index contributed by atoms with van der Waals surface area (Å²) in [6.45, 7) is 0. The van der Waals surface area contributed by atoms with E-state index in [1.807, 2.05) is 12.1 Å². The summed E-state index contributed by atoms with van der Waals surface area (Å²) < 4.78 is 5.45. The Bertz CT molecular complexity index is 518. The molecule has 0 aliphatic heterocycles. The SMILES string of the molecule is COC(=O)CC[C@@H](NC(=O)Nc1ccc(I)cc1)C(=O)O. The van der Waals surface area contributed by atoms with Crippen LogP contribution in [0.3, 0.4) is 0 Å². The van der Waals surface area contributed by atoms with Crippen LogP contribution in [0.5, 0.6) is 0 Å². The first-order valence-corrected chi connectivity index (χ1v) is 7.13. The maximum atomic E-state index is 11.7. The zero-order chi connectivity index (χ0) is 15.8. The van der Waals surface area contributed by atoms with Gasteiger partial charge >= 0.3 is 18.0 Å². The van der Waals surface area contributed by atoms with Gasteiger partial charge in [0.2, 0.25) is 0 Å². The average Bonchev–Trinajstić information content (AvgIpc) is 2.45. The van der Waals surface area contributed by atoms with Crippen molar-refractivity contribution in [3.05, 3.63) is 27.8 Å². The third kappa shape index (κ3) is 6.43. The van der Waals surface area contributed by atoms with Crippen LogP contribution in [-0.2, 0) is 14.3 Å². The van der Waals surface area contributed by atoms with E-state index in [4.69, 9.17) is 5.11 Å². The van der Waals surface area contributed by atoms with Crippen LogP contribution in [0, 0.1) is 3.57 Å². The number of carbonyl (C=O) groups excluding carboxylic acids is 2. The fourth-order valence-electron chi connectivity index (χ4n) is 1.48. The van der Waals surface area contributed by atoms with Crippen LogP contribution in [0.4, 0.5) is 10.5 Å². The first kappa shape index (κ1) is 17.2. The van der Waals surface area contributed by atoms with E-state index >= 15 is 0 Å². The average molecular weight is 406 g/mol. The zero-order valence-electron chi connectivity index (χ0n) is 11.3. The number of carboxylic acids is 1. The van der Waals surface area contributed by atoms with Crippen molar-refractivity contribution in [3.63, 3.8) is 0 Å². The van der Waals surface area contributed by atoms with Crippen LogP contribution < -0.4 is 10.6 Å². The molecule has 0 saturated heterocycles. The van der Waals surface area contributed by atoms with Crippen molar-refractivity contribution < 1.29 is 24.2 Å². The molecule has 0 bridgehead atoms. The minimum Gasteiger partial charge on any atom is -0.480 e. The predicted octanol–water partition coefficient (Wildman–Crippen LogP) is 1.82. The summed E-state index contributed by atoms with van der Waals surface area (Å²) in [6.07, 6.45) is -0.126. The van der Waals surface area contributed by atoms with Crippen molar-refractivity contribution in [1.29, 1.82) is 0 Å². The maximum Gasteiger partial charge on any atom is 0.326 e. The Morgan fingerprint density at radius 1 is 1.29 bits per heavy atom. The molecule has 21 heavy (non-hydrogen) atoms. The Labute approximate surface area is 135 Å². The van der Waals surface area contributed by atoms with Crippen molar-refractivity contribution >= 4 is 46.2 Å². The number of hydrogen-bond donors (Lipinski definition) is 3. The van der Waals surface area contributed by atoms with Crippen molar-refractivity contribution in [1.82, 2.24) is 5.32 Å². The Morgan fingerprint density at radius 3 is 2.43 bits per heavy atom. The van der Waals surface area contributed by atoms with Gasteiger partial charge < -0.3 is 20.5 Å². The highest BCUT2D eigenvalue weighted by Crippen LogP contribution is 2.11. The Morgan fingerprint density at radius 2 is 1.90 bits per heavy atom. The molecule has 1 atom stereocenters. The zero-order valence-corrected chi connectivity index (χ0v) is 13.4. The molecule has 0 unspecified atom stereocenters. The van der Waals surface area contributed by atoms with Crippen LogP contribution in [0.2, 0.25) is 0 Å². The molecule has 0 radical (unpaired) electrons. The second kappa shape index (κ2) is 8.45. The summed E-state index contributed by atoms with van der Waals surface area (Å²) in [5, 5.41) is 13.8. The minimum absolute atomic E-state index is 0.0396. The third-order valence-corrected chi connectivity index (χ3v) is 3.29. The topological polar surface area (TPSA) is 105 Å². The smallest absolute Gasteiger partial charge is 0.326 e. The van der Waals surface area contributed by atoms with Gasteiger partial charge in [-0.05, 0) is 53.3 Å². The van der Waals surface area contributed by atoms with Gasteiger partial charge in [-0.3, -0.25) is 4.79 Å². The number of urea groups is 1. The summed E-state index contributed by atoms with van der Waals surface area (Å²) in [5.74, 6) is -1.74. The molecule has 1 aromatic rings. The highest BCUT2D eigenvalue weighted by Gasteiger charge is 2.21. The molecule has 0 spiro atoms. The summed E-state index contributed by atoms with van der Waals surface area (Å²) in [7, 11) is 1.22. The number of benzene rings is 1. The number of esters is 1. The van der Waals surface area contributed by atoms with E-state index in [0.29, 0.717) is 5.69 Å². The first-order chi connectivity index (χ1) is 9.92. The molecule has 0 heterocycles. The van der Waals surface area contributed by atoms with Crippen molar-refractivity contribution in [2.75, 3.05) is 12.4 Å². The van der Waals surface area contributed by atoms with Gasteiger partial charge in [0.25, 0.3) is 0 Å². The number of halogens is 1. The van der Waals surface area contributed by atoms with Gasteiger partial charge in [-0.2, -0.15) is 0 Å². The molecule has 0 aliphatic carbocycles. The first-order valence-electron chi connectivity index (χ1n) is 6.05. The highest BCUT2D eigenvalue weighted by molar-refractivity contribution is 14.1. The van der Waals surface area contributed by atoms with Gasteiger partial charge in [-0.25, -0.2) is 9.59 Å². The summed E-state index contributed by atoms with van der Waals surface area (Å²) >= 11 is 2.13. The number of nitrogens with one attached hydrogen (secondary N) is 2. The lowest BCUT2D eigenvalue weighted by molar-refractivity contribution is -0.142. The monoisotopic (exact) mass is 406 g/mol. The van der Waals surface area contributed by atoms with Crippen LogP contribution in [0.25, 0.3) is 0 Å². The fraction of sp³-hybridized carbons (Fsp3) is 0.308. The van der Waals surface area contributed by atoms with Gasteiger partial charge in [0.15, 0.2) is 0 Å². The van der Waals surface area contributed by atoms with Crippen molar-refractivity contribution in [2.45, 2.75) is 18.9 Å². The Balaban J connectivity index is 2.54. The number of methoxy groups -OCH3 is 1. The lowest BCUT2D eigenvalue weighted by atomic mass is 10.1. The Hall–Kier alpha value is -1.84. The van der Waals surface area contributed by atoms with Crippen LogP contribution in [-0.4, -0.2) is 36.2 Å². The van der Waals surface area contributed by atoms with Gasteiger partial charge in [-0.15, -0.1) is 0 Å². The summed E-state index contributed by atoms with van der Waals surface area (Å²) in [4.78, 5) is 33.8.